The van der Waals surface area contributed by atoms with Gasteiger partial charge in [-0.25, -0.2) is 0 Å². The molecule has 98 valence electrons. The van der Waals surface area contributed by atoms with Crippen LogP contribution in [0, 0.1) is 0 Å². The van der Waals surface area contributed by atoms with E-state index in [1.165, 1.54) is 28.4 Å². The Morgan fingerprint density at radius 2 is 1.95 bits per heavy atom. The molecule has 1 aliphatic carbocycles. The molecular formula is C14H12Cl2N2O. The standard InChI is InChI=1S/C14H12Cl2N2O/c15-11-8-17-18(14(19)13(11)16)12-7-3-5-9-4-1-2-6-10(9)12/h3,5,7-8H,1-2,4,6H2. The number of benzene rings is 1. The number of nitrogens with zero attached hydrogens (tertiary/aromatic N) is 2. The lowest BCUT2D eigenvalue weighted by atomic mass is 9.90. The fourth-order valence-electron chi connectivity index (χ4n) is 2.54. The van der Waals surface area contributed by atoms with Crippen LogP contribution in [0.1, 0.15) is 24.0 Å². The zero-order valence-electron chi connectivity index (χ0n) is 10.2. The Hall–Kier alpha value is -1.32. The van der Waals surface area contributed by atoms with E-state index in [0.717, 1.165) is 24.9 Å². The van der Waals surface area contributed by atoms with Gasteiger partial charge in [0.15, 0.2) is 0 Å². The fourth-order valence-corrected chi connectivity index (χ4v) is 2.80. The molecule has 19 heavy (non-hydrogen) atoms. The van der Waals surface area contributed by atoms with E-state index in [2.05, 4.69) is 11.2 Å². The van der Waals surface area contributed by atoms with Gasteiger partial charge in [-0.2, -0.15) is 9.78 Å². The smallest absolute Gasteiger partial charge is 0.266 e. The van der Waals surface area contributed by atoms with Crippen molar-refractivity contribution < 1.29 is 0 Å². The van der Waals surface area contributed by atoms with Crippen LogP contribution in [0.15, 0.2) is 29.2 Å². The van der Waals surface area contributed by atoms with E-state index in [4.69, 9.17) is 23.2 Å². The topological polar surface area (TPSA) is 34.9 Å². The van der Waals surface area contributed by atoms with E-state index in [1.807, 2.05) is 12.1 Å². The lowest BCUT2D eigenvalue weighted by molar-refractivity contribution is 0.672. The van der Waals surface area contributed by atoms with Gasteiger partial charge in [0.2, 0.25) is 0 Å². The number of hydrogen-bond donors (Lipinski definition) is 0. The van der Waals surface area contributed by atoms with Gasteiger partial charge in [0.25, 0.3) is 5.56 Å². The third-order valence-corrected chi connectivity index (χ3v) is 4.22. The van der Waals surface area contributed by atoms with E-state index in [9.17, 15) is 4.79 Å². The highest BCUT2D eigenvalue weighted by molar-refractivity contribution is 6.41. The first-order chi connectivity index (χ1) is 9.18. The maximum atomic E-state index is 12.2. The summed E-state index contributed by atoms with van der Waals surface area (Å²) >= 11 is 11.7. The van der Waals surface area contributed by atoms with Crippen LogP contribution in [-0.4, -0.2) is 9.78 Å². The van der Waals surface area contributed by atoms with E-state index in [1.54, 1.807) is 0 Å². The van der Waals surface area contributed by atoms with Crippen molar-refractivity contribution in [2.75, 3.05) is 0 Å². The molecule has 0 bridgehead atoms. The first-order valence-corrected chi connectivity index (χ1v) is 6.98. The fraction of sp³-hybridized carbons (Fsp3) is 0.286. The van der Waals surface area contributed by atoms with Gasteiger partial charge in [0.1, 0.15) is 5.02 Å². The number of hydrogen-bond acceptors (Lipinski definition) is 2. The Bertz CT molecular complexity index is 694. The summed E-state index contributed by atoms with van der Waals surface area (Å²) in [6.07, 6.45) is 5.77. The van der Waals surface area contributed by atoms with Crippen LogP contribution in [0.5, 0.6) is 0 Å². The van der Waals surface area contributed by atoms with Crippen molar-refractivity contribution in [2.24, 2.45) is 0 Å². The number of aryl methyl sites for hydroxylation is 1. The molecular weight excluding hydrogens is 283 g/mol. The minimum absolute atomic E-state index is 0.0186. The largest absolute Gasteiger partial charge is 0.291 e. The van der Waals surface area contributed by atoms with Crippen molar-refractivity contribution in [1.29, 1.82) is 0 Å². The molecule has 0 saturated heterocycles. The molecule has 0 unspecified atom stereocenters. The molecule has 0 fully saturated rings. The van der Waals surface area contributed by atoms with Crippen LogP contribution in [0.2, 0.25) is 10.0 Å². The van der Waals surface area contributed by atoms with E-state index >= 15 is 0 Å². The molecule has 1 aliphatic rings. The van der Waals surface area contributed by atoms with Crippen LogP contribution in [0.3, 0.4) is 0 Å². The van der Waals surface area contributed by atoms with Gasteiger partial charge < -0.3 is 0 Å². The molecule has 5 heteroatoms. The summed E-state index contributed by atoms with van der Waals surface area (Å²) in [5.41, 5.74) is 2.94. The molecule has 3 nitrogen and oxygen atoms in total. The summed E-state index contributed by atoms with van der Waals surface area (Å²) in [5.74, 6) is 0. The lowest BCUT2D eigenvalue weighted by Crippen LogP contribution is -2.23. The quantitative estimate of drug-likeness (QED) is 0.808. The predicted octanol–water partition coefficient (Wildman–Crippen LogP) is 3.42. The van der Waals surface area contributed by atoms with Crippen molar-refractivity contribution in [2.45, 2.75) is 25.7 Å². The highest BCUT2D eigenvalue weighted by atomic mass is 35.5. The van der Waals surface area contributed by atoms with Gasteiger partial charge in [-0.1, -0.05) is 35.3 Å². The summed E-state index contributed by atoms with van der Waals surface area (Å²) in [6.45, 7) is 0. The minimum Gasteiger partial charge on any atom is -0.266 e. The first kappa shape index (κ1) is 12.7. The average molecular weight is 295 g/mol. The van der Waals surface area contributed by atoms with Crippen molar-refractivity contribution in [3.8, 4) is 5.69 Å². The van der Waals surface area contributed by atoms with E-state index in [0.29, 0.717) is 0 Å². The first-order valence-electron chi connectivity index (χ1n) is 6.23. The Balaban J connectivity index is 2.23. The van der Waals surface area contributed by atoms with Crippen molar-refractivity contribution in [1.82, 2.24) is 9.78 Å². The van der Waals surface area contributed by atoms with Crippen molar-refractivity contribution in [3.63, 3.8) is 0 Å². The van der Waals surface area contributed by atoms with Crippen molar-refractivity contribution >= 4 is 23.2 Å². The lowest BCUT2D eigenvalue weighted by Gasteiger charge is -2.19. The summed E-state index contributed by atoms with van der Waals surface area (Å²) in [6, 6.07) is 5.97. The van der Waals surface area contributed by atoms with Gasteiger partial charge in [0.05, 0.1) is 16.9 Å². The second-order valence-corrected chi connectivity index (χ2v) is 5.43. The average Bonchev–Trinajstić information content (AvgIpc) is 2.45. The molecule has 0 atom stereocenters. The molecule has 0 spiro atoms. The summed E-state index contributed by atoms with van der Waals surface area (Å²) in [5, 5.41) is 4.31. The SMILES string of the molecule is O=c1c(Cl)c(Cl)cnn1-c1cccc2c1CCCC2. The van der Waals surface area contributed by atoms with Crippen molar-refractivity contribution in [3.05, 3.63) is 55.9 Å². The molecule has 3 rings (SSSR count). The Morgan fingerprint density at radius 3 is 2.79 bits per heavy atom. The predicted molar refractivity (Wildman–Crippen MR) is 76.5 cm³/mol. The monoisotopic (exact) mass is 294 g/mol. The third kappa shape index (κ3) is 2.17. The summed E-state index contributed by atoms with van der Waals surface area (Å²) in [7, 11) is 0. The van der Waals surface area contributed by atoms with E-state index < -0.39 is 0 Å². The Labute approximate surface area is 120 Å². The summed E-state index contributed by atoms with van der Waals surface area (Å²) in [4.78, 5) is 12.2. The maximum absolute atomic E-state index is 12.2. The van der Waals surface area contributed by atoms with Crippen LogP contribution < -0.4 is 5.56 Å². The van der Waals surface area contributed by atoms with Crippen LogP contribution >= 0.6 is 23.2 Å². The molecule has 1 aromatic carbocycles. The molecule has 1 aromatic heterocycles. The van der Waals surface area contributed by atoms with Gasteiger partial charge in [-0.3, -0.25) is 4.79 Å². The number of rotatable bonds is 1. The normalized spacial score (nSPS) is 14.2. The van der Waals surface area contributed by atoms with Gasteiger partial charge in [-0.05, 0) is 42.9 Å². The molecule has 0 saturated carbocycles. The second kappa shape index (κ2) is 4.99. The van der Waals surface area contributed by atoms with Gasteiger partial charge >= 0.3 is 0 Å². The molecule has 0 N–H and O–H groups in total. The molecule has 1 heterocycles. The molecule has 0 aliphatic heterocycles. The molecule has 0 amide bonds. The highest BCUT2D eigenvalue weighted by Crippen LogP contribution is 2.26. The minimum atomic E-state index is -0.367. The number of aromatic nitrogens is 2. The number of fused-ring (bicyclic) bond motifs is 1. The maximum Gasteiger partial charge on any atom is 0.291 e. The second-order valence-electron chi connectivity index (χ2n) is 4.65. The highest BCUT2D eigenvalue weighted by Gasteiger charge is 2.16. The number of halogens is 2. The van der Waals surface area contributed by atoms with Crippen LogP contribution in [0.25, 0.3) is 5.69 Å². The molecule has 2 aromatic rings. The van der Waals surface area contributed by atoms with E-state index in [-0.39, 0.29) is 15.6 Å². The van der Waals surface area contributed by atoms with Gasteiger partial charge in [0, 0.05) is 0 Å². The zero-order valence-corrected chi connectivity index (χ0v) is 11.7. The van der Waals surface area contributed by atoms with Crippen LogP contribution in [0.4, 0.5) is 0 Å². The summed E-state index contributed by atoms with van der Waals surface area (Å²) < 4.78 is 1.35. The Kier molecular flexibility index (Phi) is 3.33. The molecule has 0 radical (unpaired) electrons. The Morgan fingerprint density at radius 1 is 1.16 bits per heavy atom. The third-order valence-electron chi connectivity index (χ3n) is 3.48. The van der Waals surface area contributed by atoms with Crippen LogP contribution in [-0.2, 0) is 12.8 Å². The zero-order chi connectivity index (χ0) is 13.4. The van der Waals surface area contributed by atoms with Gasteiger partial charge in [-0.15, -0.1) is 0 Å².